The van der Waals surface area contributed by atoms with Crippen molar-refractivity contribution >= 4 is 55.7 Å². The normalized spacial score (nSPS) is 10.9. The van der Waals surface area contributed by atoms with Crippen molar-refractivity contribution in [1.82, 2.24) is 0 Å². The molecule has 196 valence electrons. The highest BCUT2D eigenvalue weighted by molar-refractivity contribution is 7.13. The lowest BCUT2D eigenvalue weighted by Crippen LogP contribution is -3.00. The highest BCUT2D eigenvalue weighted by Crippen LogP contribution is 2.22. The summed E-state index contributed by atoms with van der Waals surface area (Å²) in [4.78, 5) is 0. The number of nitrogens with one attached hydrogen (secondary N) is 2. The predicted molar refractivity (Wildman–Crippen MR) is 143 cm³/mol. The first kappa shape index (κ1) is 30.7. The second-order valence-electron chi connectivity index (χ2n) is 7.64. The van der Waals surface area contributed by atoms with Crippen LogP contribution in [0.5, 0.6) is 0 Å². The largest absolute Gasteiger partial charge is 1.00 e. The molecule has 2 aromatic heterocycles. The van der Waals surface area contributed by atoms with Crippen molar-refractivity contribution in [2.24, 2.45) is 20.5 Å². The Hall–Kier alpha value is -2.54. The molecule has 2 N–H and O–H groups in total. The van der Waals surface area contributed by atoms with Gasteiger partial charge in [0.2, 0.25) is 0 Å². The molecule has 0 saturated heterocycles. The van der Waals surface area contributed by atoms with Gasteiger partial charge in [-0.1, -0.05) is 0 Å². The average Bonchev–Trinajstić information content (AvgIpc) is 3.56. The maximum Gasteiger partial charge on any atom is 0.408 e. The molecule has 0 bridgehead atoms. The number of nitrogens with zero attached hydrogens (tertiary/aromatic N) is 6. The maximum absolute atomic E-state index is 4.35. The van der Waals surface area contributed by atoms with Crippen molar-refractivity contribution < 1.29 is 43.1 Å². The molecule has 0 radical (unpaired) electrons. The maximum atomic E-state index is 4.35. The van der Waals surface area contributed by atoms with Crippen molar-refractivity contribution in [3.8, 4) is 0 Å². The Morgan fingerprint density at radius 1 is 0.622 bits per heavy atom. The molecule has 2 aromatic carbocycles. The summed E-state index contributed by atoms with van der Waals surface area (Å²) in [6, 6.07) is 16.1. The summed E-state index contributed by atoms with van der Waals surface area (Å²) in [7, 11) is 0. The summed E-state index contributed by atoms with van der Waals surface area (Å²) in [5, 5.41) is 30.2. The molecule has 0 spiro atoms. The van der Waals surface area contributed by atoms with Gasteiger partial charge in [0.1, 0.15) is 23.8 Å². The van der Waals surface area contributed by atoms with E-state index >= 15 is 0 Å². The number of rotatable bonds is 12. The first-order valence-electron chi connectivity index (χ1n) is 11.7. The smallest absolute Gasteiger partial charge is 0.408 e. The van der Waals surface area contributed by atoms with E-state index in [-0.39, 0.29) is 34.0 Å². The van der Waals surface area contributed by atoms with Crippen LogP contribution in [0.4, 0.5) is 33.0 Å². The van der Waals surface area contributed by atoms with Crippen LogP contribution in [0, 0.1) is 0 Å². The van der Waals surface area contributed by atoms with Crippen molar-refractivity contribution in [2.75, 3.05) is 23.7 Å². The average molecular weight is 667 g/mol. The Balaban J connectivity index is 0.00000241. The summed E-state index contributed by atoms with van der Waals surface area (Å²) in [5.41, 5.74) is 3.84. The second kappa shape index (κ2) is 16.3. The Morgan fingerprint density at radius 2 is 1.03 bits per heavy atom. The van der Waals surface area contributed by atoms with E-state index in [1.165, 1.54) is 0 Å². The number of halogens is 2. The quantitative estimate of drug-likeness (QED) is 0.135. The summed E-state index contributed by atoms with van der Waals surface area (Å²) >= 11 is 3.18. The molecule has 8 nitrogen and oxygen atoms in total. The molecule has 2 heterocycles. The number of thiazole rings is 2. The van der Waals surface area contributed by atoms with E-state index in [4.69, 9.17) is 0 Å². The minimum absolute atomic E-state index is 0. The van der Waals surface area contributed by atoms with E-state index in [1.54, 1.807) is 22.7 Å². The fraction of sp³-hybridized carbons (Fsp3) is 0.280. The van der Waals surface area contributed by atoms with Gasteiger partial charge >= 0.3 is 10.3 Å². The molecule has 0 fully saturated rings. The van der Waals surface area contributed by atoms with Gasteiger partial charge in [-0.25, -0.2) is 9.13 Å². The molecule has 0 saturated carbocycles. The van der Waals surface area contributed by atoms with Gasteiger partial charge in [0, 0.05) is 35.2 Å². The zero-order valence-electron chi connectivity index (χ0n) is 20.7. The topological polar surface area (TPSA) is 81.3 Å². The number of anilines is 2. The first-order chi connectivity index (χ1) is 17.2. The molecule has 0 amide bonds. The van der Waals surface area contributed by atoms with Crippen LogP contribution in [0.25, 0.3) is 0 Å². The standard InChI is InChI=1S/C25H28N8S2.2BrH/c1-3-32-16-18-34-24(32)30-28-22-10-6-20(7-11-22)26-14-5-15-27-21-8-12-23(13-9-21)29-31-25-33(4-2)17-19-35-25;;/h6-13,16-19H,3-5,14-15H2,1-2H3;2*1H. The van der Waals surface area contributed by atoms with Crippen molar-refractivity contribution in [1.29, 1.82) is 0 Å². The Kier molecular flexibility index (Phi) is 13.5. The van der Waals surface area contributed by atoms with Crippen LogP contribution in [0.3, 0.4) is 0 Å². The van der Waals surface area contributed by atoms with Gasteiger partial charge in [0.15, 0.2) is 0 Å². The molecule has 4 aromatic rings. The Morgan fingerprint density at radius 3 is 1.41 bits per heavy atom. The van der Waals surface area contributed by atoms with E-state index in [0.717, 1.165) is 65.6 Å². The van der Waals surface area contributed by atoms with E-state index in [1.807, 2.05) is 71.7 Å². The minimum atomic E-state index is 0. The third-order valence-corrected chi connectivity index (χ3v) is 6.82. The first-order valence-corrected chi connectivity index (χ1v) is 13.5. The number of hydrogen-bond acceptors (Lipinski definition) is 8. The number of aryl methyl sites for hydroxylation is 2. The molecular weight excluding hydrogens is 636 g/mol. The van der Waals surface area contributed by atoms with Crippen LogP contribution >= 0.6 is 22.7 Å². The summed E-state index contributed by atoms with van der Waals surface area (Å²) < 4.78 is 4.15. The van der Waals surface area contributed by atoms with Gasteiger partial charge in [-0.2, -0.15) is 0 Å². The molecule has 12 heteroatoms. The number of hydrogen-bond donors (Lipinski definition) is 2. The van der Waals surface area contributed by atoms with Crippen molar-refractivity contribution in [3.05, 3.63) is 71.7 Å². The molecule has 4 rings (SSSR count). The zero-order valence-corrected chi connectivity index (χ0v) is 25.5. The monoisotopic (exact) mass is 664 g/mol. The summed E-state index contributed by atoms with van der Waals surface area (Å²) in [6.07, 6.45) is 5.04. The minimum Gasteiger partial charge on any atom is -1.00 e. The van der Waals surface area contributed by atoms with Crippen LogP contribution in [-0.4, -0.2) is 13.1 Å². The SMILES string of the molecule is CC[n+]1ccsc1N=Nc1ccc(NCCCNc2ccc(N=Nc3scc[n+]3CC)cc2)cc1.[Br-].[Br-]. The molecule has 0 unspecified atom stereocenters. The van der Waals surface area contributed by atoms with E-state index < -0.39 is 0 Å². The highest BCUT2D eigenvalue weighted by Gasteiger charge is 2.10. The van der Waals surface area contributed by atoms with Gasteiger partial charge in [0.05, 0.1) is 23.3 Å². The molecule has 0 atom stereocenters. The van der Waals surface area contributed by atoms with E-state index in [9.17, 15) is 0 Å². The lowest BCUT2D eigenvalue weighted by molar-refractivity contribution is -0.677. The van der Waals surface area contributed by atoms with Crippen LogP contribution in [0.2, 0.25) is 0 Å². The van der Waals surface area contributed by atoms with E-state index in [0.29, 0.717) is 0 Å². The van der Waals surface area contributed by atoms with E-state index in [2.05, 4.69) is 54.1 Å². The fourth-order valence-corrected chi connectivity index (χ4v) is 4.77. The number of benzene rings is 2. The molecule has 0 aliphatic heterocycles. The third kappa shape index (κ3) is 9.37. The zero-order chi connectivity index (χ0) is 24.3. The van der Waals surface area contributed by atoms with Gasteiger partial charge in [0.25, 0.3) is 0 Å². The van der Waals surface area contributed by atoms with Gasteiger partial charge in [-0.05, 0) is 102 Å². The van der Waals surface area contributed by atoms with Crippen LogP contribution < -0.4 is 53.7 Å². The van der Waals surface area contributed by atoms with Crippen LogP contribution in [0.15, 0.2) is 92.1 Å². The summed E-state index contributed by atoms with van der Waals surface area (Å²) in [6.45, 7) is 7.73. The number of azo groups is 2. The van der Waals surface area contributed by atoms with Gasteiger partial charge in [-0.15, -0.1) is 0 Å². The predicted octanol–water partition coefficient (Wildman–Crippen LogP) is 1.18. The lowest BCUT2D eigenvalue weighted by atomic mass is 10.2. The molecule has 37 heavy (non-hydrogen) atoms. The lowest BCUT2D eigenvalue weighted by Gasteiger charge is -2.08. The molecular formula is C25H30Br2N8S2. The fourth-order valence-electron chi connectivity index (χ4n) is 3.28. The Labute approximate surface area is 246 Å². The summed E-state index contributed by atoms with van der Waals surface area (Å²) in [5.74, 6) is 0. The van der Waals surface area contributed by atoms with Crippen LogP contribution in [0.1, 0.15) is 20.3 Å². The second-order valence-corrected chi connectivity index (χ2v) is 9.39. The molecule has 0 aliphatic rings. The molecule has 0 aliphatic carbocycles. The van der Waals surface area contributed by atoms with Crippen LogP contribution in [-0.2, 0) is 13.1 Å². The van der Waals surface area contributed by atoms with Crippen molar-refractivity contribution in [2.45, 2.75) is 33.4 Å². The Bertz CT molecular complexity index is 1160. The van der Waals surface area contributed by atoms with Crippen molar-refractivity contribution in [3.63, 3.8) is 0 Å². The number of aromatic nitrogens is 2. The highest BCUT2D eigenvalue weighted by atomic mass is 79.9. The third-order valence-electron chi connectivity index (χ3n) is 5.25. The van der Waals surface area contributed by atoms with Gasteiger partial charge in [-0.3, -0.25) is 0 Å². The van der Waals surface area contributed by atoms with Gasteiger partial charge < -0.3 is 44.6 Å².